The molecule has 0 unspecified atom stereocenters. The van der Waals surface area contributed by atoms with Gasteiger partial charge < -0.3 is 4.42 Å². The number of para-hydroxylation sites is 1. The lowest BCUT2D eigenvalue weighted by molar-refractivity contribution is -0.384. The zero-order valence-electron chi connectivity index (χ0n) is 12.6. The van der Waals surface area contributed by atoms with Crippen LogP contribution >= 0.6 is 0 Å². The largest absolute Gasteiger partial charge is 0.437 e. The molecule has 0 amide bonds. The van der Waals surface area contributed by atoms with Gasteiger partial charge in [-0.3, -0.25) is 14.9 Å². The third-order valence-electron chi connectivity index (χ3n) is 3.87. The van der Waals surface area contributed by atoms with Crippen LogP contribution < -0.4 is 5.43 Å². The van der Waals surface area contributed by atoms with Crippen molar-refractivity contribution in [2.75, 3.05) is 0 Å². The molecule has 0 aliphatic rings. The molecule has 24 heavy (non-hydrogen) atoms. The Hall–Kier alpha value is -3.48. The molecule has 7 nitrogen and oxygen atoms in total. The monoisotopic (exact) mass is 321 g/mol. The fourth-order valence-corrected chi connectivity index (χ4v) is 2.76. The first kappa shape index (κ1) is 14.1. The van der Waals surface area contributed by atoms with E-state index in [1.54, 1.807) is 43.3 Å². The molecule has 0 saturated heterocycles. The second-order valence-electron chi connectivity index (χ2n) is 5.38. The van der Waals surface area contributed by atoms with E-state index in [-0.39, 0.29) is 16.8 Å². The van der Waals surface area contributed by atoms with Gasteiger partial charge >= 0.3 is 0 Å². The molecule has 2 heterocycles. The maximum atomic E-state index is 12.7. The summed E-state index contributed by atoms with van der Waals surface area (Å²) in [6.07, 6.45) is 0. The highest BCUT2D eigenvalue weighted by Gasteiger charge is 2.18. The number of nitrogens with zero attached hydrogens (tertiary/aromatic N) is 3. The number of aromatic nitrogens is 2. The number of nitro benzene ring substituents is 1. The van der Waals surface area contributed by atoms with E-state index in [4.69, 9.17) is 4.42 Å². The van der Waals surface area contributed by atoms with Crippen molar-refractivity contribution in [1.82, 2.24) is 9.78 Å². The molecule has 118 valence electrons. The third-order valence-corrected chi connectivity index (χ3v) is 3.87. The summed E-state index contributed by atoms with van der Waals surface area (Å²) in [7, 11) is 0. The Kier molecular flexibility index (Phi) is 2.96. The lowest BCUT2D eigenvalue weighted by Crippen LogP contribution is -2.03. The van der Waals surface area contributed by atoms with Gasteiger partial charge in [-0.2, -0.15) is 9.78 Å². The molecule has 0 bridgehead atoms. The van der Waals surface area contributed by atoms with E-state index in [1.165, 1.54) is 16.8 Å². The van der Waals surface area contributed by atoms with Gasteiger partial charge in [0.1, 0.15) is 11.0 Å². The Balaban J connectivity index is 2.09. The number of hydrogen-bond donors (Lipinski definition) is 0. The lowest BCUT2D eigenvalue weighted by Gasteiger charge is -2.03. The molecule has 4 aromatic rings. The zero-order chi connectivity index (χ0) is 16.8. The first-order valence-electron chi connectivity index (χ1n) is 7.22. The fraction of sp³-hybridized carbons (Fsp3) is 0.0588. The van der Waals surface area contributed by atoms with Gasteiger partial charge in [-0.1, -0.05) is 18.2 Å². The van der Waals surface area contributed by atoms with Crippen LogP contribution in [0.5, 0.6) is 0 Å². The average molecular weight is 321 g/mol. The molecule has 0 N–H and O–H groups in total. The minimum atomic E-state index is -0.479. The van der Waals surface area contributed by atoms with Crippen LogP contribution in [0.15, 0.2) is 57.7 Å². The predicted octanol–water partition coefficient (Wildman–Crippen LogP) is 3.35. The van der Waals surface area contributed by atoms with Gasteiger partial charge in [0, 0.05) is 12.1 Å². The quantitative estimate of drug-likeness (QED) is 0.417. The van der Waals surface area contributed by atoms with Gasteiger partial charge in [0.2, 0.25) is 11.1 Å². The Labute approximate surface area is 134 Å². The second kappa shape index (κ2) is 5.02. The van der Waals surface area contributed by atoms with Crippen LogP contribution in [-0.2, 0) is 0 Å². The maximum Gasteiger partial charge on any atom is 0.271 e. The molecule has 0 atom stereocenters. The number of nitro groups is 1. The van der Waals surface area contributed by atoms with Crippen molar-refractivity contribution in [3.63, 3.8) is 0 Å². The minimum Gasteiger partial charge on any atom is -0.437 e. The highest BCUT2D eigenvalue weighted by Crippen LogP contribution is 2.25. The molecule has 0 saturated carbocycles. The summed E-state index contributed by atoms with van der Waals surface area (Å²) in [5.41, 5.74) is 1.47. The zero-order valence-corrected chi connectivity index (χ0v) is 12.6. The SMILES string of the molecule is Cc1nn(-c2cccc([N+](=O)[O-])c2)c2oc3ccccc3c(=O)c12. The summed E-state index contributed by atoms with van der Waals surface area (Å²) >= 11 is 0. The molecule has 0 aliphatic heterocycles. The standard InChI is InChI=1S/C17H11N3O4/c1-10-15-16(21)13-7-2-3-8-14(13)24-17(15)19(18-10)11-5-4-6-12(9-11)20(22)23/h2-9H,1H3. The van der Waals surface area contributed by atoms with E-state index in [2.05, 4.69) is 5.10 Å². The number of hydrogen-bond acceptors (Lipinski definition) is 5. The van der Waals surface area contributed by atoms with Gasteiger partial charge in [0.25, 0.3) is 5.69 Å². The van der Waals surface area contributed by atoms with Crippen LogP contribution in [0.1, 0.15) is 5.69 Å². The van der Waals surface area contributed by atoms with Crippen molar-refractivity contribution >= 4 is 27.8 Å². The maximum absolute atomic E-state index is 12.7. The molecule has 7 heteroatoms. The third kappa shape index (κ3) is 1.98. The van der Waals surface area contributed by atoms with Crippen molar-refractivity contribution < 1.29 is 9.34 Å². The molecule has 4 rings (SSSR count). The van der Waals surface area contributed by atoms with E-state index >= 15 is 0 Å². The van der Waals surface area contributed by atoms with Crippen LogP contribution in [0.25, 0.3) is 27.8 Å². The number of benzene rings is 2. The van der Waals surface area contributed by atoms with E-state index in [0.717, 1.165) is 0 Å². The van der Waals surface area contributed by atoms with Crippen molar-refractivity contribution in [3.8, 4) is 5.69 Å². The van der Waals surface area contributed by atoms with Gasteiger partial charge in [-0.05, 0) is 25.1 Å². The minimum absolute atomic E-state index is 0.0584. The van der Waals surface area contributed by atoms with E-state index in [0.29, 0.717) is 27.7 Å². The second-order valence-corrected chi connectivity index (χ2v) is 5.38. The number of fused-ring (bicyclic) bond motifs is 2. The molecule has 0 fully saturated rings. The van der Waals surface area contributed by atoms with Crippen molar-refractivity contribution in [2.24, 2.45) is 0 Å². The number of non-ortho nitro benzene ring substituents is 1. The predicted molar refractivity (Wildman–Crippen MR) is 88.5 cm³/mol. The molecule has 0 spiro atoms. The Bertz CT molecular complexity index is 1170. The summed E-state index contributed by atoms with van der Waals surface area (Å²) in [5, 5.41) is 16.2. The molecule has 0 aliphatic carbocycles. The van der Waals surface area contributed by atoms with Crippen LogP contribution in [0, 0.1) is 17.0 Å². The molecular weight excluding hydrogens is 310 g/mol. The summed E-state index contributed by atoms with van der Waals surface area (Å²) in [4.78, 5) is 23.2. The van der Waals surface area contributed by atoms with E-state index in [9.17, 15) is 14.9 Å². The molecule has 2 aromatic heterocycles. The van der Waals surface area contributed by atoms with Gasteiger partial charge in [-0.15, -0.1) is 0 Å². The van der Waals surface area contributed by atoms with Crippen molar-refractivity contribution in [1.29, 1.82) is 0 Å². The summed E-state index contributed by atoms with van der Waals surface area (Å²) in [6.45, 7) is 1.71. The summed E-state index contributed by atoms with van der Waals surface area (Å²) < 4.78 is 7.29. The number of rotatable bonds is 2. The highest BCUT2D eigenvalue weighted by atomic mass is 16.6. The fourth-order valence-electron chi connectivity index (χ4n) is 2.76. The summed E-state index contributed by atoms with van der Waals surface area (Å²) in [5.74, 6) is 0. The van der Waals surface area contributed by atoms with Crippen molar-refractivity contribution in [3.05, 3.63) is 74.6 Å². The van der Waals surface area contributed by atoms with Gasteiger partial charge in [-0.25, -0.2) is 0 Å². The molecule has 0 radical (unpaired) electrons. The van der Waals surface area contributed by atoms with Gasteiger partial charge in [0.05, 0.1) is 21.7 Å². The van der Waals surface area contributed by atoms with Crippen LogP contribution in [-0.4, -0.2) is 14.7 Å². The van der Waals surface area contributed by atoms with E-state index < -0.39 is 4.92 Å². The Morgan fingerprint density at radius 2 is 1.96 bits per heavy atom. The van der Waals surface area contributed by atoms with Crippen LogP contribution in [0.3, 0.4) is 0 Å². The smallest absolute Gasteiger partial charge is 0.271 e. The first-order chi connectivity index (χ1) is 11.6. The Morgan fingerprint density at radius 1 is 1.17 bits per heavy atom. The normalized spacial score (nSPS) is 11.2. The molecule has 2 aromatic carbocycles. The molecular formula is C17H11N3O4. The summed E-state index contributed by atoms with van der Waals surface area (Å²) in [6, 6.07) is 13.0. The van der Waals surface area contributed by atoms with E-state index in [1.807, 2.05) is 0 Å². The highest BCUT2D eigenvalue weighted by molar-refractivity contribution is 5.90. The Morgan fingerprint density at radius 3 is 2.75 bits per heavy atom. The van der Waals surface area contributed by atoms with Crippen LogP contribution in [0.4, 0.5) is 5.69 Å². The van der Waals surface area contributed by atoms with Crippen LogP contribution in [0.2, 0.25) is 0 Å². The lowest BCUT2D eigenvalue weighted by atomic mass is 10.2. The topological polar surface area (TPSA) is 91.2 Å². The van der Waals surface area contributed by atoms with Crippen molar-refractivity contribution in [2.45, 2.75) is 6.92 Å². The average Bonchev–Trinajstić information content (AvgIpc) is 2.92. The van der Waals surface area contributed by atoms with Gasteiger partial charge in [0.15, 0.2) is 0 Å². The number of aryl methyl sites for hydroxylation is 1. The first-order valence-corrected chi connectivity index (χ1v) is 7.22.